The van der Waals surface area contributed by atoms with Crippen LogP contribution in [0.15, 0.2) is 10.9 Å². The van der Waals surface area contributed by atoms with Crippen molar-refractivity contribution in [1.82, 2.24) is 9.55 Å². The van der Waals surface area contributed by atoms with Crippen LogP contribution >= 0.6 is 15.9 Å². The van der Waals surface area contributed by atoms with Crippen molar-refractivity contribution in [2.45, 2.75) is 25.3 Å². The lowest BCUT2D eigenvalue weighted by molar-refractivity contribution is -0.145. The van der Waals surface area contributed by atoms with E-state index in [0.717, 1.165) is 29.6 Å². The van der Waals surface area contributed by atoms with Gasteiger partial charge in [-0.15, -0.1) is 0 Å². The smallest absolute Gasteiger partial charge is 0.328 e. The van der Waals surface area contributed by atoms with Gasteiger partial charge in [0.05, 0.1) is 19.1 Å². The minimum absolute atomic E-state index is 0.184. The van der Waals surface area contributed by atoms with Crippen molar-refractivity contribution in [1.29, 1.82) is 0 Å². The Labute approximate surface area is 90.4 Å². The van der Waals surface area contributed by atoms with Crippen molar-refractivity contribution in [3.05, 3.63) is 16.6 Å². The molecule has 76 valence electrons. The standard InChI is InChI=1S/C9H11BrN2O2/c1-14-9(13)7-4-2-3-6-8(10)11-5-12(6)7/h5,7H,2-4H2,1H3. The van der Waals surface area contributed by atoms with E-state index in [1.165, 1.54) is 7.11 Å². The minimum atomic E-state index is -0.192. The van der Waals surface area contributed by atoms with Crippen molar-refractivity contribution < 1.29 is 9.53 Å². The van der Waals surface area contributed by atoms with Crippen molar-refractivity contribution in [3.63, 3.8) is 0 Å². The highest BCUT2D eigenvalue weighted by molar-refractivity contribution is 9.10. The molecule has 2 heterocycles. The fourth-order valence-corrected chi connectivity index (χ4v) is 2.33. The molecule has 0 aromatic carbocycles. The number of methoxy groups -OCH3 is 1. The molecule has 0 fully saturated rings. The van der Waals surface area contributed by atoms with Gasteiger partial charge in [-0.25, -0.2) is 9.78 Å². The molecule has 1 aromatic rings. The third-order valence-electron chi connectivity index (χ3n) is 2.55. The molecule has 0 amide bonds. The highest BCUT2D eigenvalue weighted by Crippen LogP contribution is 2.29. The first-order chi connectivity index (χ1) is 6.74. The third kappa shape index (κ3) is 1.45. The summed E-state index contributed by atoms with van der Waals surface area (Å²) in [6.45, 7) is 0. The molecule has 0 saturated heterocycles. The molecule has 4 nitrogen and oxygen atoms in total. The van der Waals surface area contributed by atoms with E-state index in [9.17, 15) is 4.79 Å². The van der Waals surface area contributed by atoms with Crippen molar-refractivity contribution >= 4 is 21.9 Å². The van der Waals surface area contributed by atoms with E-state index < -0.39 is 0 Å². The fourth-order valence-electron chi connectivity index (χ4n) is 1.83. The summed E-state index contributed by atoms with van der Waals surface area (Å²) >= 11 is 3.37. The molecule has 1 aliphatic rings. The number of imidazole rings is 1. The number of fused-ring (bicyclic) bond motifs is 1. The predicted molar refractivity (Wildman–Crippen MR) is 53.9 cm³/mol. The van der Waals surface area contributed by atoms with E-state index in [0.29, 0.717) is 0 Å². The number of rotatable bonds is 1. The second-order valence-electron chi connectivity index (χ2n) is 3.32. The van der Waals surface area contributed by atoms with E-state index in [2.05, 4.69) is 20.9 Å². The molecule has 5 heteroatoms. The Balaban J connectivity index is 2.36. The number of nitrogens with zero attached hydrogens (tertiary/aromatic N) is 2. The van der Waals surface area contributed by atoms with Crippen LogP contribution in [-0.4, -0.2) is 22.6 Å². The number of carbonyl (C=O) groups excluding carboxylic acids is 1. The molecule has 0 N–H and O–H groups in total. The molecule has 14 heavy (non-hydrogen) atoms. The van der Waals surface area contributed by atoms with Gasteiger partial charge in [-0.3, -0.25) is 0 Å². The van der Waals surface area contributed by atoms with Gasteiger partial charge in [0.1, 0.15) is 10.6 Å². The zero-order valence-electron chi connectivity index (χ0n) is 7.86. The topological polar surface area (TPSA) is 44.1 Å². The highest BCUT2D eigenvalue weighted by atomic mass is 79.9. The van der Waals surface area contributed by atoms with Gasteiger partial charge in [-0.1, -0.05) is 0 Å². The maximum atomic E-state index is 11.5. The largest absolute Gasteiger partial charge is 0.467 e. The maximum absolute atomic E-state index is 11.5. The quantitative estimate of drug-likeness (QED) is 0.721. The molecule has 2 rings (SSSR count). The van der Waals surface area contributed by atoms with E-state index >= 15 is 0 Å². The normalized spacial score (nSPS) is 20.3. The molecule has 1 aromatic heterocycles. The molecule has 0 saturated carbocycles. The van der Waals surface area contributed by atoms with Crippen LogP contribution in [0, 0.1) is 0 Å². The number of esters is 1. The molecule has 1 unspecified atom stereocenters. The Morgan fingerprint density at radius 1 is 1.79 bits per heavy atom. The first kappa shape index (κ1) is 9.71. The van der Waals surface area contributed by atoms with Gasteiger partial charge in [0.15, 0.2) is 0 Å². The summed E-state index contributed by atoms with van der Waals surface area (Å²) in [7, 11) is 1.42. The van der Waals surface area contributed by atoms with Crippen LogP contribution < -0.4 is 0 Å². The number of aromatic nitrogens is 2. The first-order valence-corrected chi connectivity index (χ1v) is 5.32. The molecule has 1 atom stereocenters. The summed E-state index contributed by atoms with van der Waals surface area (Å²) in [5, 5.41) is 0. The predicted octanol–water partition coefficient (Wildman–Crippen LogP) is 1.70. The summed E-state index contributed by atoms with van der Waals surface area (Å²) in [5.74, 6) is -0.184. The van der Waals surface area contributed by atoms with E-state index in [4.69, 9.17) is 4.74 Å². The SMILES string of the molecule is COC(=O)C1CCCc2c(Br)ncn21. The average molecular weight is 259 g/mol. The lowest BCUT2D eigenvalue weighted by Gasteiger charge is -2.23. The molecular formula is C9H11BrN2O2. The van der Waals surface area contributed by atoms with E-state index in [1.807, 2.05) is 4.57 Å². The molecule has 0 aliphatic carbocycles. The van der Waals surface area contributed by atoms with Crippen LogP contribution in [0.2, 0.25) is 0 Å². The van der Waals surface area contributed by atoms with Crippen molar-refractivity contribution in [2.75, 3.05) is 7.11 Å². The van der Waals surface area contributed by atoms with Crippen LogP contribution in [0.25, 0.3) is 0 Å². The van der Waals surface area contributed by atoms with Gasteiger partial charge in [0.25, 0.3) is 0 Å². The van der Waals surface area contributed by atoms with Gasteiger partial charge in [0.2, 0.25) is 0 Å². The number of halogens is 1. The number of carbonyl (C=O) groups is 1. The zero-order chi connectivity index (χ0) is 10.1. The number of hydrogen-bond donors (Lipinski definition) is 0. The zero-order valence-corrected chi connectivity index (χ0v) is 9.45. The highest BCUT2D eigenvalue weighted by Gasteiger charge is 2.27. The van der Waals surface area contributed by atoms with E-state index in [-0.39, 0.29) is 12.0 Å². The second-order valence-corrected chi connectivity index (χ2v) is 4.07. The Bertz CT molecular complexity index is 362. The monoisotopic (exact) mass is 258 g/mol. The van der Waals surface area contributed by atoms with Gasteiger partial charge in [-0.05, 0) is 35.2 Å². The Hall–Kier alpha value is -0.840. The molecular weight excluding hydrogens is 248 g/mol. The summed E-state index contributed by atoms with van der Waals surface area (Å²) in [6.07, 6.45) is 4.50. The third-order valence-corrected chi connectivity index (χ3v) is 3.21. The fraction of sp³-hybridized carbons (Fsp3) is 0.556. The molecule has 1 aliphatic heterocycles. The van der Waals surface area contributed by atoms with Crippen LogP contribution in [0.5, 0.6) is 0 Å². The van der Waals surface area contributed by atoms with Crippen molar-refractivity contribution in [2.24, 2.45) is 0 Å². The van der Waals surface area contributed by atoms with Crippen LogP contribution in [0.3, 0.4) is 0 Å². The van der Waals surface area contributed by atoms with Crippen LogP contribution in [0.1, 0.15) is 24.6 Å². The second kappa shape index (κ2) is 3.73. The minimum Gasteiger partial charge on any atom is -0.467 e. The van der Waals surface area contributed by atoms with Gasteiger partial charge < -0.3 is 9.30 Å². The first-order valence-electron chi connectivity index (χ1n) is 4.53. The van der Waals surface area contributed by atoms with E-state index in [1.54, 1.807) is 6.33 Å². The van der Waals surface area contributed by atoms with Gasteiger partial charge >= 0.3 is 5.97 Å². The molecule has 0 spiro atoms. The Kier molecular flexibility index (Phi) is 2.58. The van der Waals surface area contributed by atoms with Gasteiger partial charge in [0, 0.05) is 0 Å². The molecule has 0 bridgehead atoms. The summed E-state index contributed by atoms with van der Waals surface area (Å²) in [5.41, 5.74) is 1.09. The summed E-state index contributed by atoms with van der Waals surface area (Å²) < 4.78 is 7.49. The van der Waals surface area contributed by atoms with Crippen molar-refractivity contribution in [3.8, 4) is 0 Å². The lowest BCUT2D eigenvalue weighted by atomic mass is 10.0. The Morgan fingerprint density at radius 2 is 2.57 bits per heavy atom. The van der Waals surface area contributed by atoms with Crippen LogP contribution in [0.4, 0.5) is 0 Å². The number of hydrogen-bond acceptors (Lipinski definition) is 3. The summed E-state index contributed by atoms with van der Waals surface area (Å²) in [6, 6.07) is -0.192. The molecule has 0 radical (unpaired) electrons. The average Bonchev–Trinajstić information content (AvgIpc) is 2.59. The lowest BCUT2D eigenvalue weighted by Crippen LogP contribution is -2.25. The Morgan fingerprint density at radius 3 is 3.29 bits per heavy atom. The van der Waals surface area contributed by atoms with Crippen LogP contribution in [-0.2, 0) is 16.0 Å². The maximum Gasteiger partial charge on any atom is 0.328 e. The van der Waals surface area contributed by atoms with Gasteiger partial charge in [-0.2, -0.15) is 0 Å². The number of ether oxygens (including phenoxy) is 1. The summed E-state index contributed by atoms with van der Waals surface area (Å²) in [4.78, 5) is 15.6.